The monoisotopic (exact) mass is 167 g/mol. The van der Waals surface area contributed by atoms with Gasteiger partial charge in [0.15, 0.2) is 0 Å². The van der Waals surface area contributed by atoms with E-state index in [4.69, 9.17) is 4.52 Å². The van der Waals surface area contributed by atoms with E-state index in [1.807, 2.05) is 6.92 Å². The summed E-state index contributed by atoms with van der Waals surface area (Å²) in [4.78, 5) is 0. The summed E-state index contributed by atoms with van der Waals surface area (Å²) >= 11 is 0. The van der Waals surface area contributed by atoms with E-state index in [9.17, 15) is 0 Å². The molecule has 0 bridgehead atoms. The van der Waals surface area contributed by atoms with Crippen LogP contribution in [0, 0.1) is 6.92 Å². The predicted octanol–water partition coefficient (Wildman–Crippen LogP) is 2.84. The van der Waals surface area contributed by atoms with E-state index in [0.29, 0.717) is 0 Å². The third kappa shape index (κ3) is 1.52. The molecule has 0 N–H and O–H groups in total. The summed E-state index contributed by atoms with van der Waals surface area (Å²) in [6.07, 6.45) is 0.924. The second-order valence-electron chi connectivity index (χ2n) is 4.17. The number of hydrogen-bond donors (Lipinski definition) is 0. The lowest BCUT2D eigenvalue weighted by atomic mass is 9.85. The molecule has 0 spiro atoms. The van der Waals surface area contributed by atoms with Gasteiger partial charge in [-0.3, -0.25) is 0 Å². The smallest absolute Gasteiger partial charge is 0.140 e. The maximum atomic E-state index is 5.22. The number of aryl methyl sites for hydroxylation is 2. The van der Waals surface area contributed by atoms with Crippen molar-refractivity contribution in [3.8, 4) is 0 Å². The number of hydrogen-bond acceptors (Lipinski definition) is 2. The van der Waals surface area contributed by atoms with E-state index in [2.05, 4.69) is 32.9 Å². The molecule has 1 heterocycles. The molecule has 1 aromatic heterocycles. The fraction of sp³-hybridized carbons (Fsp3) is 0.700. The van der Waals surface area contributed by atoms with E-state index in [-0.39, 0.29) is 5.41 Å². The topological polar surface area (TPSA) is 26.0 Å². The second kappa shape index (κ2) is 2.92. The van der Waals surface area contributed by atoms with Crippen molar-refractivity contribution in [3.63, 3.8) is 0 Å². The first-order valence-electron chi connectivity index (χ1n) is 4.42. The standard InChI is InChI=1S/C10H17NO/c1-6-8-9(10(3,4)5)7(2)11-12-8/h6H2,1-5H3. The van der Waals surface area contributed by atoms with Crippen molar-refractivity contribution in [3.05, 3.63) is 17.0 Å². The minimum Gasteiger partial charge on any atom is -0.361 e. The van der Waals surface area contributed by atoms with E-state index in [1.54, 1.807) is 0 Å². The Bertz CT molecular complexity index is 268. The maximum Gasteiger partial charge on any atom is 0.140 e. The molecule has 0 atom stereocenters. The molecule has 2 heteroatoms. The summed E-state index contributed by atoms with van der Waals surface area (Å²) in [5.41, 5.74) is 2.44. The second-order valence-corrected chi connectivity index (χ2v) is 4.17. The van der Waals surface area contributed by atoms with Gasteiger partial charge < -0.3 is 4.52 Å². The van der Waals surface area contributed by atoms with Gasteiger partial charge in [0.2, 0.25) is 0 Å². The van der Waals surface area contributed by atoms with Crippen LogP contribution in [0.15, 0.2) is 4.52 Å². The van der Waals surface area contributed by atoms with Crippen molar-refractivity contribution in [2.24, 2.45) is 0 Å². The van der Waals surface area contributed by atoms with Crippen LogP contribution in [0.25, 0.3) is 0 Å². The van der Waals surface area contributed by atoms with Gasteiger partial charge in [-0.25, -0.2) is 0 Å². The van der Waals surface area contributed by atoms with Crippen molar-refractivity contribution in [2.75, 3.05) is 0 Å². The van der Waals surface area contributed by atoms with Gasteiger partial charge in [-0.1, -0.05) is 32.9 Å². The SMILES string of the molecule is CCc1onc(C)c1C(C)(C)C. The fourth-order valence-corrected chi connectivity index (χ4v) is 1.62. The Hall–Kier alpha value is -0.790. The van der Waals surface area contributed by atoms with Crippen molar-refractivity contribution in [1.29, 1.82) is 0 Å². The van der Waals surface area contributed by atoms with Crippen molar-refractivity contribution in [1.82, 2.24) is 5.16 Å². The average Bonchev–Trinajstić information content (AvgIpc) is 2.29. The Morgan fingerprint density at radius 2 is 1.92 bits per heavy atom. The predicted molar refractivity (Wildman–Crippen MR) is 49.3 cm³/mol. The van der Waals surface area contributed by atoms with E-state index >= 15 is 0 Å². The van der Waals surface area contributed by atoms with E-state index < -0.39 is 0 Å². The highest BCUT2D eigenvalue weighted by Crippen LogP contribution is 2.28. The molecule has 68 valence electrons. The molecule has 0 radical (unpaired) electrons. The maximum absolute atomic E-state index is 5.22. The molecular formula is C10H17NO. The van der Waals surface area contributed by atoms with Gasteiger partial charge in [0.05, 0.1) is 5.69 Å². The zero-order valence-electron chi connectivity index (χ0n) is 8.56. The Balaban J connectivity index is 3.19. The number of rotatable bonds is 1. The van der Waals surface area contributed by atoms with Gasteiger partial charge in [-0.2, -0.15) is 0 Å². The van der Waals surface area contributed by atoms with Crippen LogP contribution in [0.3, 0.4) is 0 Å². The summed E-state index contributed by atoms with van der Waals surface area (Å²) < 4.78 is 5.22. The Kier molecular flexibility index (Phi) is 2.27. The van der Waals surface area contributed by atoms with Crippen LogP contribution in [0.4, 0.5) is 0 Å². The third-order valence-electron chi connectivity index (χ3n) is 2.00. The number of nitrogens with zero attached hydrogens (tertiary/aromatic N) is 1. The normalized spacial score (nSPS) is 12.1. The quantitative estimate of drug-likeness (QED) is 0.642. The van der Waals surface area contributed by atoms with Crippen molar-refractivity contribution in [2.45, 2.75) is 46.5 Å². The molecule has 0 saturated carbocycles. The van der Waals surface area contributed by atoms with Gasteiger partial charge in [-0.05, 0) is 12.3 Å². The highest BCUT2D eigenvalue weighted by Gasteiger charge is 2.23. The molecule has 0 aromatic carbocycles. The first-order chi connectivity index (χ1) is 5.46. The Morgan fingerprint density at radius 1 is 1.33 bits per heavy atom. The highest BCUT2D eigenvalue weighted by atomic mass is 16.5. The van der Waals surface area contributed by atoms with Gasteiger partial charge in [0.1, 0.15) is 5.76 Å². The summed E-state index contributed by atoms with van der Waals surface area (Å²) in [7, 11) is 0. The van der Waals surface area contributed by atoms with Crippen LogP contribution >= 0.6 is 0 Å². The van der Waals surface area contributed by atoms with Crippen LogP contribution in [0.1, 0.15) is 44.7 Å². The Morgan fingerprint density at radius 3 is 2.25 bits per heavy atom. The largest absolute Gasteiger partial charge is 0.361 e. The zero-order chi connectivity index (χ0) is 9.35. The summed E-state index contributed by atoms with van der Waals surface area (Å²) in [6.45, 7) is 10.7. The van der Waals surface area contributed by atoms with Crippen LogP contribution in [0.2, 0.25) is 0 Å². The molecular weight excluding hydrogens is 150 g/mol. The molecule has 0 aliphatic rings. The highest BCUT2D eigenvalue weighted by molar-refractivity contribution is 5.29. The molecule has 0 unspecified atom stereocenters. The minimum atomic E-state index is 0.148. The summed E-state index contributed by atoms with van der Waals surface area (Å²) in [5, 5.41) is 3.98. The molecule has 0 saturated heterocycles. The average molecular weight is 167 g/mol. The van der Waals surface area contributed by atoms with Crippen LogP contribution < -0.4 is 0 Å². The molecule has 1 aromatic rings. The van der Waals surface area contributed by atoms with Gasteiger partial charge in [-0.15, -0.1) is 0 Å². The van der Waals surface area contributed by atoms with Gasteiger partial charge in [0.25, 0.3) is 0 Å². The van der Waals surface area contributed by atoms with Crippen molar-refractivity contribution >= 4 is 0 Å². The lowest BCUT2D eigenvalue weighted by molar-refractivity contribution is 0.379. The lowest BCUT2D eigenvalue weighted by Gasteiger charge is -2.18. The molecule has 1 rings (SSSR count). The first kappa shape index (κ1) is 9.30. The van der Waals surface area contributed by atoms with Crippen LogP contribution in [-0.4, -0.2) is 5.16 Å². The minimum absolute atomic E-state index is 0.148. The molecule has 0 aliphatic heterocycles. The van der Waals surface area contributed by atoms with Crippen LogP contribution in [-0.2, 0) is 11.8 Å². The molecule has 0 amide bonds. The summed E-state index contributed by atoms with van der Waals surface area (Å²) in [6, 6.07) is 0. The number of aromatic nitrogens is 1. The fourth-order valence-electron chi connectivity index (χ4n) is 1.62. The first-order valence-corrected chi connectivity index (χ1v) is 4.42. The van der Waals surface area contributed by atoms with Crippen molar-refractivity contribution < 1.29 is 4.52 Å². The third-order valence-corrected chi connectivity index (χ3v) is 2.00. The summed E-state index contributed by atoms with van der Waals surface area (Å²) in [5.74, 6) is 1.03. The molecule has 2 nitrogen and oxygen atoms in total. The van der Waals surface area contributed by atoms with Gasteiger partial charge >= 0.3 is 0 Å². The Labute approximate surface area is 74.0 Å². The van der Waals surface area contributed by atoms with E-state index in [1.165, 1.54) is 5.56 Å². The molecule has 12 heavy (non-hydrogen) atoms. The van der Waals surface area contributed by atoms with E-state index in [0.717, 1.165) is 17.9 Å². The van der Waals surface area contributed by atoms with Gasteiger partial charge in [0, 0.05) is 12.0 Å². The zero-order valence-corrected chi connectivity index (χ0v) is 8.56. The van der Waals surface area contributed by atoms with Crippen LogP contribution in [0.5, 0.6) is 0 Å². The molecule has 0 fully saturated rings. The lowest BCUT2D eigenvalue weighted by Crippen LogP contribution is -2.13. The molecule has 0 aliphatic carbocycles.